The minimum atomic E-state index is 0.662. The van der Waals surface area contributed by atoms with E-state index >= 15 is 0 Å². The van der Waals surface area contributed by atoms with Gasteiger partial charge in [0.25, 0.3) is 0 Å². The molecule has 2 heterocycles. The van der Waals surface area contributed by atoms with E-state index in [1.165, 1.54) is 24.9 Å². The van der Waals surface area contributed by atoms with Crippen molar-refractivity contribution in [1.29, 1.82) is 0 Å². The first-order valence-electron chi connectivity index (χ1n) is 5.65. The normalized spacial score (nSPS) is 23.2. The number of hydrogen-bond donors (Lipinski definition) is 1. The molecule has 1 fully saturated rings. The molecule has 2 rings (SSSR count). The Kier molecular flexibility index (Phi) is 3.38. The molecule has 1 unspecified atom stereocenters. The number of rotatable bonds is 3. The van der Waals surface area contributed by atoms with Gasteiger partial charge in [-0.3, -0.25) is 9.58 Å². The van der Waals surface area contributed by atoms with Crippen LogP contribution in [0.2, 0.25) is 0 Å². The Morgan fingerprint density at radius 3 is 3.13 bits per heavy atom. The lowest BCUT2D eigenvalue weighted by Crippen LogP contribution is -2.43. The second-order valence-electron chi connectivity index (χ2n) is 4.39. The van der Waals surface area contributed by atoms with Crippen molar-refractivity contribution >= 4 is 0 Å². The number of nitrogens with zero attached hydrogens (tertiary/aromatic N) is 3. The summed E-state index contributed by atoms with van der Waals surface area (Å²) in [6.07, 6.45) is 6.66. The molecule has 1 saturated heterocycles. The molecule has 0 bridgehead atoms. The van der Waals surface area contributed by atoms with Gasteiger partial charge in [0.2, 0.25) is 0 Å². The van der Waals surface area contributed by atoms with Gasteiger partial charge in [0.05, 0.1) is 6.20 Å². The molecule has 0 spiro atoms. The number of hydrogen-bond acceptors (Lipinski definition) is 3. The summed E-state index contributed by atoms with van der Waals surface area (Å²) in [5.74, 6) is 0. The van der Waals surface area contributed by atoms with Gasteiger partial charge < -0.3 is 5.32 Å². The SMILES string of the molecule is CNC1CCCN(Cc2cnn(C)c2)C1. The van der Waals surface area contributed by atoms with Crippen LogP contribution in [0.25, 0.3) is 0 Å². The summed E-state index contributed by atoms with van der Waals surface area (Å²) in [7, 11) is 4.02. The van der Waals surface area contributed by atoms with E-state index < -0.39 is 0 Å². The van der Waals surface area contributed by atoms with Gasteiger partial charge in [0.1, 0.15) is 0 Å². The summed E-state index contributed by atoms with van der Waals surface area (Å²) >= 11 is 0. The minimum Gasteiger partial charge on any atom is -0.316 e. The van der Waals surface area contributed by atoms with Crippen molar-refractivity contribution in [3.05, 3.63) is 18.0 Å². The summed E-state index contributed by atoms with van der Waals surface area (Å²) in [5.41, 5.74) is 1.31. The topological polar surface area (TPSA) is 33.1 Å². The molecule has 4 nitrogen and oxygen atoms in total. The van der Waals surface area contributed by atoms with Crippen LogP contribution >= 0.6 is 0 Å². The molecule has 1 aliphatic rings. The molecule has 84 valence electrons. The van der Waals surface area contributed by atoms with Crippen molar-refractivity contribution in [3.63, 3.8) is 0 Å². The predicted molar refractivity (Wildman–Crippen MR) is 60.6 cm³/mol. The van der Waals surface area contributed by atoms with Crippen molar-refractivity contribution in [2.45, 2.75) is 25.4 Å². The molecule has 0 saturated carbocycles. The van der Waals surface area contributed by atoms with Gasteiger partial charge in [0, 0.05) is 37.9 Å². The predicted octanol–water partition coefficient (Wildman–Crippen LogP) is 0.604. The quantitative estimate of drug-likeness (QED) is 0.790. The number of aryl methyl sites for hydroxylation is 1. The maximum absolute atomic E-state index is 4.20. The molecule has 1 aromatic rings. The van der Waals surface area contributed by atoms with Gasteiger partial charge in [0.15, 0.2) is 0 Å². The lowest BCUT2D eigenvalue weighted by atomic mass is 10.1. The Hall–Kier alpha value is -0.870. The molecule has 0 aromatic carbocycles. The second-order valence-corrected chi connectivity index (χ2v) is 4.39. The first-order chi connectivity index (χ1) is 7.28. The van der Waals surface area contributed by atoms with Crippen molar-refractivity contribution < 1.29 is 0 Å². The number of likely N-dealkylation sites (tertiary alicyclic amines) is 1. The Morgan fingerprint density at radius 2 is 2.47 bits per heavy atom. The monoisotopic (exact) mass is 208 g/mol. The van der Waals surface area contributed by atoms with Crippen LogP contribution in [0.4, 0.5) is 0 Å². The van der Waals surface area contributed by atoms with Crippen LogP contribution in [-0.2, 0) is 13.6 Å². The van der Waals surface area contributed by atoms with E-state index in [2.05, 4.69) is 28.6 Å². The van der Waals surface area contributed by atoms with Gasteiger partial charge in [-0.05, 0) is 26.4 Å². The molecule has 1 aromatic heterocycles. The number of nitrogens with one attached hydrogen (secondary N) is 1. The fourth-order valence-electron chi connectivity index (χ4n) is 2.25. The largest absolute Gasteiger partial charge is 0.316 e. The van der Waals surface area contributed by atoms with Crippen LogP contribution in [0, 0.1) is 0 Å². The average molecular weight is 208 g/mol. The fourth-order valence-corrected chi connectivity index (χ4v) is 2.25. The van der Waals surface area contributed by atoms with Crippen molar-refractivity contribution in [2.75, 3.05) is 20.1 Å². The van der Waals surface area contributed by atoms with Gasteiger partial charge >= 0.3 is 0 Å². The third kappa shape index (κ3) is 2.79. The van der Waals surface area contributed by atoms with Crippen LogP contribution in [0.3, 0.4) is 0 Å². The summed E-state index contributed by atoms with van der Waals surface area (Å²) in [5, 5.41) is 7.56. The zero-order valence-electron chi connectivity index (χ0n) is 9.61. The Labute approximate surface area is 91.3 Å². The van der Waals surface area contributed by atoms with Crippen LogP contribution in [0.5, 0.6) is 0 Å². The summed E-state index contributed by atoms with van der Waals surface area (Å²) in [6.45, 7) is 3.41. The fraction of sp³-hybridized carbons (Fsp3) is 0.727. The first kappa shape index (κ1) is 10.6. The standard InChI is InChI=1S/C11H20N4/c1-12-11-4-3-5-15(9-11)8-10-6-13-14(2)7-10/h6-7,11-12H,3-5,8-9H2,1-2H3. The van der Waals surface area contributed by atoms with Crippen LogP contribution in [0.15, 0.2) is 12.4 Å². The second kappa shape index (κ2) is 4.77. The van der Waals surface area contributed by atoms with E-state index in [1.807, 2.05) is 17.9 Å². The molecule has 1 atom stereocenters. The first-order valence-corrected chi connectivity index (χ1v) is 5.65. The number of piperidine rings is 1. The van der Waals surface area contributed by atoms with Crippen molar-refractivity contribution in [2.24, 2.45) is 7.05 Å². The van der Waals surface area contributed by atoms with E-state index in [4.69, 9.17) is 0 Å². The Balaban J connectivity index is 1.88. The molecule has 4 heteroatoms. The summed E-state index contributed by atoms with van der Waals surface area (Å²) < 4.78 is 1.87. The van der Waals surface area contributed by atoms with E-state index in [0.29, 0.717) is 6.04 Å². The van der Waals surface area contributed by atoms with Gasteiger partial charge in [-0.1, -0.05) is 0 Å². The smallest absolute Gasteiger partial charge is 0.0534 e. The maximum atomic E-state index is 4.20. The minimum absolute atomic E-state index is 0.662. The van der Waals surface area contributed by atoms with Gasteiger partial charge in [-0.2, -0.15) is 5.10 Å². The molecule has 1 N–H and O–H groups in total. The van der Waals surface area contributed by atoms with E-state index in [-0.39, 0.29) is 0 Å². The Bertz CT molecular complexity index is 307. The van der Waals surface area contributed by atoms with Crippen LogP contribution in [-0.4, -0.2) is 40.9 Å². The van der Waals surface area contributed by atoms with E-state index in [0.717, 1.165) is 13.1 Å². The van der Waals surface area contributed by atoms with E-state index in [9.17, 15) is 0 Å². The maximum Gasteiger partial charge on any atom is 0.0534 e. The van der Waals surface area contributed by atoms with Gasteiger partial charge in [-0.25, -0.2) is 0 Å². The summed E-state index contributed by atoms with van der Waals surface area (Å²) in [4.78, 5) is 2.50. The average Bonchev–Trinajstić information content (AvgIpc) is 2.64. The lowest BCUT2D eigenvalue weighted by Gasteiger charge is -2.32. The third-order valence-electron chi connectivity index (χ3n) is 3.08. The molecule has 0 aliphatic carbocycles. The molecular weight excluding hydrogens is 188 g/mol. The highest BCUT2D eigenvalue weighted by Gasteiger charge is 2.18. The highest BCUT2D eigenvalue weighted by Crippen LogP contribution is 2.12. The summed E-state index contributed by atoms with van der Waals surface area (Å²) in [6, 6.07) is 0.662. The van der Waals surface area contributed by atoms with Crippen molar-refractivity contribution in [1.82, 2.24) is 20.0 Å². The molecule has 0 radical (unpaired) electrons. The van der Waals surface area contributed by atoms with Crippen LogP contribution < -0.4 is 5.32 Å². The highest BCUT2D eigenvalue weighted by atomic mass is 15.2. The van der Waals surface area contributed by atoms with E-state index in [1.54, 1.807) is 0 Å². The Morgan fingerprint density at radius 1 is 1.60 bits per heavy atom. The molecule has 1 aliphatic heterocycles. The highest BCUT2D eigenvalue weighted by molar-refractivity contribution is 5.03. The molecule has 15 heavy (non-hydrogen) atoms. The number of likely N-dealkylation sites (N-methyl/N-ethyl adjacent to an activating group) is 1. The van der Waals surface area contributed by atoms with Crippen molar-refractivity contribution in [3.8, 4) is 0 Å². The van der Waals surface area contributed by atoms with Crippen LogP contribution in [0.1, 0.15) is 18.4 Å². The zero-order chi connectivity index (χ0) is 10.7. The third-order valence-corrected chi connectivity index (χ3v) is 3.08. The number of aromatic nitrogens is 2. The molecular formula is C11H20N4. The van der Waals surface area contributed by atoms with Gasteiger partial charge in [-0.15, -0.1) is 0 Å². The molecule has 0 amide bonds. The zero-order valence-corrected chi connectivity index (χ0v) is 9.61. The lowest BCUT2D eigenvalue weighted by molar-refractivity contribution is 0.188.